The second-order valence-corrected chi connectivity index (χ2v) is 6.37. The smallest absolute Gasteiger partial charge is 0.319 e. The van der Waals surface area contributed by atoms with Crippen LogP contribution in [0.4, 0.5) is 10.5 Å². The fourth-order valence-electron chi connectivity index (χ4n) is 2.46. The van der Waals surface area contributed by atoms with Crippen LogP contribution in [0, 0.1) is 0 Å². The van der Waals surface area contributed by atoms with Crippen molar-refractivity contribution in [3.63, 3.8) is 0 Å². The Morgan fingerprint density at radius 3 is 2.29 bits per heavy atom. The molecule has 4 nitrogen and oxygen atoms in total. The highest BCUT2D eigenvalue weighted by Gasteiger charge is 2.28. The third-order valence-corrected chi connectivity index (χ3v) is 4.37. The van der Waals surface area contributed by atoms with E-state index in [1.54, 1.807) is 0 Å². The van der Waals surface area contributed by atoms with Gasteiger partial charge in [-0.1, -0.05) is 44.2 Å². The molecule has 0 saturated heterocycles. The summed E-state index contributed by atoms with van der Waals surface area (Å²) in [4.78, 5) is 12.3. The molecular weight excluding hydrogens is 300 g/mol. The van der Waals surface area contributed by atoms with Gasteiger partial charge in [-0.15, -0.1) is 0 Å². The first-order valence-electron chi connectivity index (χ1n) is 8.29. The Bertz CT molecular complexity index is 651. The van der Waals surface area contributed by atoms with Gasteiger partial charge < -0.3 is 15.4 Å². The highest BCUT2D eigenvalue weighted by atomic mass is 16.5. The van der Waals surface area contributed by atoms with Crippen molar-refractivity contribution in [2.45, 2.75) is 39.2 Å². The van der Waals surface area contributed by atoms with E-state index in [9.17, 15) is 4.79 Å². The maximum absolute atomic E-state index is 12.3. The third kappa shape index (κ3) is 4.51. The van der Waals surface area contributed by atoms with Crippen LogP contribution in [0.1, 0.15) is 33.3 Å². The molecule has 0 bridgehead atoms. The fraction of sp³-hybridized carbons (Fsp3) is 0.350. The topological polar surface area (TPSA) is 50.4 Å². The van der Waals surface area contributed by atoms with Crippen LogP contribution in [0.15, 0.2) is 54.6 Å². The maximum Gasteiger partial charge on any atom is 0.319 e. The Balaban J connectivity index is 1.96. The lowest BCUT2D eigenvalue weighted by Crippen LogP contribution is -2.47. The molecule has 0 fully saturated rings. The number of carbonyl (C=O) groups excluding carboxylic acids is 1. The van der Waals surface area contributed by atoms with Crippen molar-refractivity contribution < 1.29 is 9.53 Å². The summed E-state index contributed by atoms with van der Waals surface area (Å²) in [7, 11) is 0. The molecule has 2 rings (SSSR count). The number of benzene rings is 2. The molecule has 0 saturated carbocycles. The van der Waals surface area contributed by atoms with E-state index in [2.05, 4.69) is 36.6 Å². The minimum atomic E-state index is -0.212. The molecule has 0 radical (unpaired) electrons. The number of nitrogens with one attached hydrogen (secondary N) is 2. The number of amides is 2. The summed E-state index contributed by atoms with van der Waals surface area (Å²) < 4.78 is 5.40. The number of rotatable bonds is 6. The number of hydrogen-bond acceptors (Lipinski definition) is 2. The second kappa shape index (κ2) is 7.86. The number of anilines is 1. The predicted molar refractivity (Wildman–Crippen MR) is 98.7 cm³/mol. The molecule has 128 valence electrons. The monoisotopic (exact) mass is 326 g/mol. The van der Waals surface area contributed by atoms with Gasteiger partial charge in [-0.3, -0.25) is 0 Å². The van der Waals surface area contributed by atoms with Crippen molar-refractivity contribution in [3.8, 4) is 5.75 Å². The molecule has 4 heteroatoms. The van der Waals surface area contributed by atoms with E-state index in [0.717, 1.165) is 11.4 Å². The SMILES string of the molecule is CCOc1ccc(NC(=O)NC(C)C(C)(C)c2ccccc2)cc1. The van der Waals surface area contributed by atoms with Crippen molar-refractivity contribution in [2.24, 2.45) is 0 Å². The molecule has 2 aromatic carbocycles. The number of urea groups is 1. The second-order valence-electron chi connectivity index (χ2n) is 6.37. The Kier molecular flexibility index (Phi) is 5.85. The van der Waals surface area contributed by atoms with Crippen molar-refractivity contribution >= 4 is 11.7 Å². The van der Waals surface area contributed by atoms with Crippen LogP contribution in [-0.2, 0) is 5.41 Å². The summed E-state index contributed by atoms with van der Waals surface area (Å²) in [6.45, 7) is 8.84. The van der Waals surface area contributed by atoms with E-state index in [4.69, 9.17) is 4.74 Å². The zero-order valence-electron chi connectivity index (χ0n) is 14.8. The highest BCUT2D eigenvalue weighted by Crippen LogP contribution is 2.26. The molecule has 0 heterocycles. The Morgan fingerprint density at radius 2 is 1.71 bits per heavy atom. The molecule has 0 spiro atoms. The predicted octanol–water partition coefficient (Wildman–Crippen LogP) is 4.57. The van der Waals surface area contributed by atoms with Crippen molar-refractivity contribution in [1.82, 2.24) is 5.32 Å². The quantitative estimate of drug-likeness (QED) is 0.817. The molecule has 1 unspecified atom stereocenters. The molecule has 2 N–H and O–H groups in total. The number of hydrogen-bond donors (Lipinski definition) is 2. The van der Waals surface area contributed by atoms with Crippen molar-refractivity contribution in [2.75, 3.05) is 11.9 Å². The molecule has 2 amide bonds. The first-order valence-corrected chi connectivity index (χ1v) is 8.29. The number of carbonyl (C=O) groups is 1. The minimum absolute atomic E-state index is 0.0254. The lowest BCUT2D eigenvalue weighted by Gasteiger charge is -2.33. The largest absolute Gasteiger partial charge is 0.494 e. The normalized spacial score (nSPS) is 12.3. The summed E-state index contributed by atoms with van der Waals surface area (Å²) in [6, 6.07) is 17.3. The van der Waals surface area contributed by atoms with Gasteiger partial charge in [0.2, 0.25) is 0 Å². The molecule has 2 aromatic rings. The van der Waals surface area contributed by atoms with Gasteiger partial charge in [-0.25, -0.2) is 4.79 Å². The van der Waals surface area contributed by atoms with E-state index >= 15 is 0 Å². The van der Waals surface area contributed by atoms with Crippen LogP contribution < -0.4 is 15.4 Å². The first-order chi connectivity index (χ1) is 11.4. The van der Waals surface area contributed by atoms with Crippen LogP contribution >= 0.6 is 0 Å². The van der Waals surface area contributed by atoms with Gasteiger partial charge in [0.1, 0.15) is 5.75 Å². The Labute approximate surface area is 144 Å². The minimum Gasteiger partial charge on any atom is -0.494 e. The summed E-state index contributed by atoms with van der Waals surface area (Å²) in [5.74, 6) is 0.794. The van der Waals surface area contributed by atoms with E-state index in [-0.39, 0.29) is 17.5 Å². The van der Waals surface area contributed by atoms with Gasteiger partial charge in [0.05, 0.1) is 6.61 Å². The average Bonchev–Trinajstić information content (AvgIpc) is 2.57. The molecule has 1 atom stereocenters. The van der Waals surface area contributed by atoms with Crippen LogP contribution in [0.5, 0.6) is 5.75 Å². The Hall–Kier alpha value is -2.49. The summed E-state index contributed by atoms with van der Waals surface area (Å²) in [5.41, 5.74) is 1.76. The molecular formula is C20H26N2O2. The highest BCUT2D eigenvalue weighted by molar-refractivity contribution is 5.89. The van der Waals surface area contributed by atoms with Crippen LogP contribution in [-0.4, -0.2) is 18.7 Å². The van der Waals surface area contributed by atoms with E-state index < -0.39 is 0 Å². The van der Waals surface area contributed by atoms with E-state index in [1.165, 1.54) is 5.56 Å². The Morgan fingerprint density at radius 1 is 1.08 bits per heavy atom. The van der Waals surface area contributed by atoms with Gasteiger partial charge in [0, 0.05) is 17.1 Å². The standard InChI is InChI=1S/C20H26N2O2/c1-5-24-18-13-11-17(12-14-18)22-19(23)21-15(2)20(3,4)16-9-7-6-8-10-16/h6-15H,5H2,1-4H3,(H2,21,22,23). The molecule has 0 aliphatic carbocycles. The van der Waals surface area contributed by atoms with E-state index in [1.807, 2.05) is 56.3 Å². The van der Waals surface area contributed by atoms with Crippen LogP contribution in [0.2, 0.25) is 0 Å². The van der Waals surface area contributed by atoms with Crippen molar-refractivity contribution in [1.29, 1.82) is 0 Å². The van der Waals surface area contributed by atoms with Gasteiger partial charge in [-0.05, 0) is 43.7 Å². The lowest BCUT2D eigenvalue weighted by molar-refractivity contribution is 0.242. The van der Waals surface area contributed by atoms with Crippen LogP contribution in [0.25, 0.3) is 0 Å². The zero-order chi connectivity index (χ0) is 17.6. The fourth-order valence-corrected chi connectivity index (χ4v) is 2.46. The molecule has 24 heavy (non-hydrogen) atoms. The number of ether oxygens (including phenoxy) is 1. The average molecular weight is 326 g/mol. The van der Waals surface area contributed by atoms with Gasteiger partial charge in [0.15, 0.2) is 0 Å². The third-order valence-electron chi connectivity index (χ3n) is 4.37. The molecule has 0 aromatic heterocycles. The molecule has 0 aliphatic rings. The first kappa shape index (κ1) is 17.9. The summed E-state index contributed by atoms with van der Waals surface area (Å²) in [6.07, 6.45) is 0. The summed E-state index contributed by atoms with van der Waals surface area (Å²) in [5, 5.41) is 5.89. The zero-order valence-corrected chi connectivity index (χ0v) is 14.8. The van der Waals surface area contributed by atoms with Crippen LogP contribution in [0.3, 0.4) is 0 Å². The van der Waals surface area contributed by atoms with Gasteiger partial charge >= 0.3 is 6.03 Å². The van der Waals surface area contributed by atoms with Gasteiger partial charge in [0.25, 0.3) is 0 Å². The molecule has 0 aliphatic heterocycles. The van der Waals surface area contributed by atoms with Crippen molar-refractivity contribution in [3.05, 3.63) is 60.2 Å². The maximum atomic E-state index is 12.3. The summed E-state index contributed by atoms with van der Waals surface area (Å²) >= 11 is 0. The van der Waals surface area contributed by atoms with Gasteiger partial charge in [-0.2, -0.15) is 0 Å². The van der Waals surface area contributed by atoms with E-state index in [0.29, 0.717) is 6.61 Å². The lowest BCUT2D eigenvalue weighted by atomic mass is 9.78.